The molecule has 0 bridgehead atoms. The lowest BCUT2D eigenvalue weighted by Gasteiger charge is -2.12. The number of para-hydroxylation sites is 1. The molecule has 6 rings (SSSR count). The molecule has 0 saturated heterocycles. The minimum Gasteiger partial charge on any atom is -0.285 e. The first-order chi connectivity index (χ1) is 18.7. The number of aryl methyl sites for hydroxylation is 1. The molecule has 38 heavy (non-hydrogen) atoms. The van der Waals surface area contributed by atoms with Crippen molar-refractivity contribution >= 4 is 17.0 Å². The van der Waals surface area contributed by atoms with Gasteiger partial charge in [0.15, 0.2) is 4.80 Å². The highest BCUT2D eigenvalue weighted by molar-refractivity contribution is 7.07. The molecule has 0 radical (unpaired) electrons. The van der Waals surface area contributed by atoms with Gasteiger partial charge in [0.05, 0.1) is 11.4 Å². The molecule has 2 aromatic heterocycles. The van der Waals surface area contributed by atoms with E-state index < -0.39 is 0 Å². The highest BCUT2D eigenvalue weighted by Crippen LogP contribution is 2.29. The minimum atomic E-state index is -0.355. The highest BCUT2D eigenvalue weighted by Gasteiger charge is 2.13. The second-order valence-corrected chi connectivity index (χ2v) is 9.62. The maximum Gasteiger partial charge on any atom is 0.195 e. The van der Waals surface area contributed by atoms with Crippen LogP contribution in [0.15, 0.2) is 126 Å². The number of rotatable bonds is 5. The van der Waals surface area contributed by atoms with Crippen LogP contribution in [0.5, 0.6) is 0 Å². The normalized spacial score (nSPS) is 11.6. The van der Waals surface area contributed by atoms with E-state index >= 15 is 0 Å². The second kappa shape index (κ2) is 10.4. The largest absolute Gasteiger partial charge is 0.285 e. The van der Waals surface area contributed by atoms with Crippen LogP contribution in [-0.2, 0) is 0 Å². The van der Waals surface area contributed by atoms with Crippen molar-refractivity contribution in [2.75, 3.05) is 0 Å². The molecule has 0 spiro atoms. The van der Waals surface area contributed by atoms with Gasteiger partial charge in [0.25, 0.3) is 0 Å². The van der Waals surface area contributed by atoms with Crippen molar-refractivity contribution < 1.29 is 4.39 Å². The SMILES string of the molecule is Cc1nccc(-c2cccc(-n3c(-c4ccc(-c5ccccc5)cc4)csc3=Nc3ccccc3F)c2)n1. The minimum absolute atomic E-state index is 0.302. The Kier molecular flexibility index (Phi) is 6.46. The van der Waals surface area contributed by atoms with E-state index in [1.54, 1.807) is 24.4 Å². The summed E-state index contributed by atoms with van der Waals surface area (Å²) in [5.74, 6) is 0.358. The van der Waals surface area contributed by atoms with Crippen LogP contribution in [0, 0.1) is 12.7 Å². The molecule has 0 atom stereocenters. The lowest BCUT2D eigenvalue weighted by Crippen LogP contribution is -2.14. The van der Waals surface area contributed by atoms with Crippen LogP contribution in [0.4, 0.5) is 10.1 Å². The van der Waals surface area contributed by atoms with E-state index in [0.717, 1.165) is 33.8 Å². The Morgan fingerprint density at radius 3 is 2.24 bits per heavy atom. The first kappa shape index (κ1) is 23.7. The maximum absolute atomic E-state index is 14.6. The van der Waals surface area contributed by atoms with Gasteiger partial charge in [-0.2, -0.15) is 0 Å². The first-order valence-corrected chi connectivity index (χ1v) is 13.1. The molecule has 6 aromatic rings. The molecule has 4 nitrogen and oxygen atoms in total. The Morgan fingerprint density at radius 2 is 1.45 bits per heavy atom. The van der Waals surface area contributed by atoms with Crippen LogP contribution in [-0.4, -0.2) is 14.5 Å². The molecule has 184 valence electrons. The molecule has 0 N–H and O–H groups in total. The van der Waals surface area contributed by atoms with E-state index in [1.165, 1.54) is 23.0 Å². The van der Waals surface area contributed by atoms with Gasteiger partial charge in [0, 0.05) is 22.8 Å². The molecule has 0 unspecified atom stereocenters. The first-order valence-electron chi connectivity index (χ1n) is 12.2. The lowest BCUT2D eigenvalue weighted by molar-refractivity contribution is 0.629. The zero-order valence-electron chi connectivity index (χ0n) is 20.6. The van der Waals surface area contributed by atoms with E-state index in [-0.39, 0.29) is 5.82 Å². The third kappa shape index (κ3) is 4.82. The average molecular weight is 515 g/mol. The van der Waals surface area contributed by atoms with Crippen LogP contribution < -0.4 is 4.80 Å². The fourth-order valence-corrected chi connectivity index (χ4v) is 5.29. The van der Waals surface area contributed by atoms with Crippen LogP contribution in [0.25, 0.3) is 39.3 Å². The molecular formula is C32H23FN4S. The van der Waals surface area contributed by atoms with Crippen LogP contribution >= 0.6 is 11.3 Å². The van der Waals surface area contributed by atoms with Gasteiger partial charge in [-0.05, 0) is 53.9 Å². The van der Waals surface area contributed by atoms with Crippen molar-refractivity contribution in [3.05, 3.63) is 137 Å². The Bertz CT molecular complexity index is 1790. The molecule has 0 aliphatic rings. The number of nitrogens with zero attached hydrogens (tertiary/aromatic N) is 4. The van der Waals surface area contributed by atoms with Crippen molar-refractivity contribution in [2.45, 2.75) is 6.92 Å². The Hall–Kier alpha value is -4.68. The predicted octanol–water partition coefficient (Wildman–Crippen LogP) is 8.01. The number of hydrogen-bond acceptors (Lipinski definition) is 4. The molecule has 0 aliphatic carbocycles. The van der Waals surface area contributed by atoms with Gasteiger partial charge in [-0.3, -0.25) is 4.57 Å². The number of halogens is 1. The third-order valence-corrected chi connectivity index (χ3v) is 7.07. The topological polar surface area (TPSA) is 43.1 Å². The van der Waals surface area contributed by atoms with Crippen molar-refractivity contribution in [3.8, 4) is 39.3 Å². The van der Waals surface area contributed by atoms with Crippen molar-refractivity contribution in [3.63, 3.8) is 0 Å². The summed E-state index contributed by atoms with van der Waals surface area (Å²) < 4.78 is 16.6. The number of aromatic nitrogens is 3. The molecule has 2 heterocycles. The summed E-state index contributed by atoms with van der Waals surface area (Å²) in [5, 5.41) is 2.07. The zero-order chi connectivity index (χ0) is 25.9. The van der Waals surface area contributed by atoms with Crippen molar-refractivity contribution in [2.24, 2.45) is 4.99 Å². The third-order valence-electron chi connectivity index (χ3n) is 6.24. The monoisotopic (exact) mass is 514 g/mol. The van der Waals surface area contributed by atoms with Gasteiger partial charge in [0.1, 0.15) is 17.3 Å². The van der Waals surface area contributed by atoms with Gasteiger partial charge in [-0.15, -0.1) is 11.3 Å². The Morgan fingerprint density at radius 1 is 0.737 bits per heavy atom. The number of benzene rings is 4. The smallest absolute Gasteiger partial charge is 0.195 e. The molecule has 6 heteroatoms. The molecule has 0 saturated carbocycles. The fourth-order valence-electron chi connectivity index (χ4n) is 4.37. The Labute approximate surface area is 224 Å². The summed E-state index contributed by atoms with van der Waals surface area (Å²) in [6, 6.07) is 35.4. The van der Waals surface area contributed by atoms with Crippen LogP contribution in [0.3, 0.4) is 0 Å². The highest BCUT2D eigenvalue weighted by atomic mass is 32.1. The van der Waals surface area contributed by atoms with E-state index in [1.807, 2.05) is 49.4 Å². The summed E-state index contributed by atoms with van der Waals surface area (Å²) in [7, 11) is 0. The second-order valence-electron chi connectivity index (χ2n) is 8.78. The van der Waals surface area contributed by atoms with E-state index in [9.17, 15) is 4.39 Å². The van der Waals surface area contributed by atoms with Crippen LogP contribution in [0.1, 0.15) is 5.82 Å². The molecule has 0 aliphatic heterocycles. The molecule has 4 aromatic carbocycles. The number of thiazole rings is 1. The summed E-state index contributed by atoms with van der Waals surface area (Å²) in [4.78, 5) is 14.2. The van der Waals surface area contributed by atoms with Gasteiger partial charge >= 0.3 is 0 Å². The predicted molar refractivity (Wildman–Crippen MR) is 152 cm³/mol. The lowest BCUT2D eigenvalue weighted by atomic mass is 10.0. The van der Waals surface area contributed by atoms with Crippen molar-refractivity contribution in [1.82, 2.24) is 14.5 Å². The average Bonchev–Trinajstić information content (AvgIpc) is 3.38. The fraction of sp³-hybridized carbons (Fsp3) is 0.0312. The van der Waals surface area contributed by atoms with Gasteiger partial charge in [-0.25, -0.2) is 19.4 Å². The molecule has 0 amide bonds. The van der Waals surface area contributed by atoms with Gasteiger partial charge in [-0.1, -0.05) is 78.9 Å². The van der Waals surface area contributed by atoms with Crippen LogP contribution in [0.2, 0.25) is 0 Å². The summed E-state index contributed by atoms with van der Waals surface area (Å²) >= 11 is 1.48. The number of hydrogen-bond donors (Lipinski definition) is 0. The molecule has 0 fully saturated rings. The standard InChI is InChI=1S/C32H23FN4S/c1-22-34-19-18-29(35-22)26-10-7-11-27(20-26)37-31(21-38-32(37)36-30-13-6-5-12-28(30)33)25-16-14-24(15-17-25)23-8-3-2-4-9-23/h2-21H,1H3. The maximum atomic E-state index is 14.6. The zero-order valence-corrected chi connectivity index (χ0v) is 21.4. The Balaban J connectivity index is 1.51. The molecular weight excluding hydrogens is 491 g/mol. The quantitative estimate of drug-likeness (QED) is 0.234. The van der Waals surface area contributed by atoms with E-state index in [2.05, 4.69) is 62.4 Å². The van der Waals surface area contributed by atoms with Gasteiger partial charge < -0.3 is 0 Å². The van der Waals surface area contributed by atoms with Crippen molar-refractivity contribution in [1.29, 1.82) is 0 Å². The van der Waals surface area contributed by atoms with E-state index in [0.29, 0.717) is 16.3 Å². The van der Waals surface area contributed by atoms with E-state index in [4.69, 9.17) is 4.99 Å². The summed E-state index contributed by atoms with van der Waals surface area (Å²) in [6.07, 6.45) is 1.76. The summed E-state index contributed by atoms with van der Waals surface area (Å²) in [5.41, 5.74) is 7.35. The summed E-state index contributed by atoms with van der Waals surface area (Å²) in [6.45, 7) is 1.88. The van der Waals surface area contributed by atoms with Gasteiger partial charge in [0.2, 0.25) is 0 Å².